The van der Waals surface area contributed by atoms with Crippen LogP contribution in [-0.4, -0.2) is 36.8 Å². The van der Waals surface area contributed by atoms with E-state index in [-0.39, 0.29) is 31.5 Å². The van der Waals surface area contributed by atoms with Crippen LogP contribution in [0.1, 0.15) is 6.42 Å². The lowest BCUT2D eigenvalue weighted by molar-refractivity contribution is -0.388. The number of nitro groups is 1. The molecule has 112 valence electrons. The van der Waals surface area contributed by atoms with Crippen molar-refractivity contribution in [1.82, 2.24) is 4.31 Å². The second kappa shape index (κ2) is 6.00. The molecule has 0 amide bonds. The standard InChI is InChI=1S/C10H12FN3O4S.ClH/c11-8-2-1-3-9(14(15)16)10(8)19(17,18)13-5-4-7(12)6-13;/h1-3,7H,4-6,12H2;1H/t7-;/m0./s1. The third kappa shape index (κ3) is 2.90. The van der Waals surface area contributed by atoms with Crippen LogP contribution in [0, 0.1) is 15.9 Å². The molecule has 2 rings (SSSR count). The van der Waals surface area contributed by atoms with Gasteiger partial charge in [-0.25, -0.2) is 12.8 Å². The number of nitro benzene ring substituents is 1. The number of hydrogen-bond acceptors (Lipinski definition) is 5. The molecule has 0 aromatic heterocycles. The number of nitrogens with zero attached hydrogens (tertiary/aromatic N) is 2. The Balaban J connectivity index is 0.00000200. The van der Waals surface area contributed by atoms with Crippen LogP contribution in [0.3, 0.4) is 0 Å². The Morgan fingerprint density at radius 2 is 2.10 bits per heavy atom. The maximum Gasteiger partial charge on any atom is 0.292 e. The van der Waals surface area contributed by atoms with Crippen molar-refractivity contribution in [2.75, 3.05) is 13.1 Å². The van der Waals surface area contributed by atoms with Gasteiger partial charge in [0.2, 0.25) is 0 Å². The van der Waals surface area contributed by atoms with E-state index in [0.717, 1.165) is 22.5 Å². The molecule has 7 nitrogen and oxygen atoms in total. The van der Waals surface area contributed by atoms with Gasteiger partial charge in [0.1, 0.15) is 5.82 Å². The van der Waals surface area contributed by atoms with Crippen molar-refractivity contribution in [3.8, 4) is 0 Å². The Bertz CT molecular complexity index is 625. The van der Waals surface area contributed by atoms with Gasteiger partial charge in [-0.2, -0.15) is 4.31 Å². The summed E-state index contributed by atoms with van der Waals surface area (Å²) in [5, 5.41) is 10.8. The van der Waals surface area contributed by atoms with Crippen LogP contribution in [0.4, 0.5) is 10.1 Å². The van der Waals surface area contributed by atoms with Gasteiger partial charge in [0.25, 0.3) is 15.7 Å². The third-order valence-corrected chi connectivity index (χ3v) is 4.86. The number of hydrogen-bond donors (Lipinski definition) is 1. The van der Waals surface area contributed by atoms with E-state index in [1.807, 2.05) is 0 Å². The van der Waals surface area contributed by atoms with Crippen molar-refractivity contribution in [2.45, 2.75) is 17.4 Å². The van der Waals surface area contributed by atoms with Gasteiger partial charge < -0.3 is 5.73 Å². The SMILES string of the molecule is Cl.N[C@H]1CCN(S(=O)(=O)c2c(F)cccc2[N+](=O)[O-])C1. The maximum atomic E-state index is 13.7. The van der Waals surface area contributed by atoms with Crippen molar-refractivity contribution in [1.29, 1.82) is 0 Å². The summed E-state index contributed by atoms with van der Waals surface area (Å²) in [5.41, 5.74) is 4.84. The van der Waals surface area contributed by atoms with Crippen LogP contribution in [0.25, 0.3) is 0 Å². The van der Waals surface area contributed by atoms with E-state index in [9.17, 15) is 22.9 Å². The van der Waals surface area contributed by atoms with Crippen molar-refractivity contribution >= 4 is 28.1 Å². The van der Waals surface area contributed by atoms with Gasteiger partial charge in [0, 0.05) is 25.2 Å². The van der Waals surface area contributed by atoms with Crippen molar-refractivity contribution in [3.63, 3.8) is 0 Å². The molecule has 1 aromatic rings. The van der Waals surface area contributed by atoms with Gasteiger partial charge in [-0.15, -0.1) is 12.4 Å². The first kappa shape index (κ1) is 16.8. The summed E-state index contributed by atoms with van der Waals surface area (Å²) in [6.45, 7) is 0.169. The van der Waals surface area contributed by atoms with Crippen molar-refractivity contribution in [3.05, 3.63) is 34.1 Å². The summed E-state index contributed by atoms with van der Waals surface area (Å²) in [6.07, 6.45) is 0.446. The fourth-order valence-corrected chi connectivity index (χ4v) is 3.71. The summed E-state index contributed by atoms with van der Waals surface area (Å²) in [7, 11) is -4.24. The summed E-state index contributed by atoms with van der Waals surface area (Å²) in [5.74, 6) is -1.13. The van der Waals surface area contributed by atoms with Crippen LogP contribution < -0.4 is 5.73 Å². The van der Waals surface area contributed by atoms with E-state index in [1.165, 1.54) is 0 Å². The summed E-state index contributed by atoms with van der Waals surface area (Å²) >= 11 is 0. The van der Waals surface area contributed by atoms with E-state index >= 15 is 0 Å². The summed E-state index contributed by atoms with van der Waals surface area (Å²) in [6, 6.07) is 2.62. The van der Waals surface area contributed by atoms with Crippen LogP contribution in [0.15, 0.2) is 23.1 Å². The summed E-state index contributed by atoms with van der Waals surface area (Å²) < 4.78 is 39.2. The van der Waals surface area contributed by atoms with E-state index in [2.05, 4.69) is 0 Å². The highest BCUT2D eigenvalue weighted by atomic mass is 35.5. The molecule has 1 saturated heterocycles. The molecule has 0 bridgehead atoms. The molecule has 1 heterocycles. The number of nitrogens with two attached hydrogens (primary N) is 1. The molecule has 1 aromatic carbocycles. The third-order valence-electron chi connectivity index (χ3n) is 2.93. The Hall–Kier alpha value is -1.29. The topological polar surface area (TPSA) is 107 Å². The van der Waals surface area contributed by atoms with Crippen LogP contribution in [0.2, 0.25) is 0 Å². The first-order valence-corrected chi connectivity index (χ1v) is 6.96. The van der Waals surface area contributed by atoms with Gasteiger partial charge >= 0.3 is 0 Å². The highest BCUT2D eigenvalue weighted by molar-refractivity contribution is 7.89. The van der Waals surface area contributed by atoms with Gasteiger partial charge in [0.05, 0.1) is 4.92 Å². The van der Waals surface area contributed by atoms with Gasteiger partial charge in [-0.3, -0.25) is 10.1 Å². The minimum absolute atomic E-state index is 0. The van der Waals surface area contributed by atoms with Crippen molar-refractivity contribution < 1.29 is 17.7 Å². The molecule has 1 aliphatic rings. The average Bonchev–Trinajstić information content (AvgIpc) is 2.75. The molecule has 0 aliphatic carbocycles. The molecule has 2 N–H and O–H groups in total. The molecule has 0 saturated carbocycles. The van der Waals surface area contributed by atoms with Crippen LogP contribution >= 0.6 is 12.4 Å². The largest absolute Gasteiger partial charge is 0.326 e. The van der Waals surface area contributed by atoms with Gasteiger partial charge in [0.15, 0.2) is 4.90 Å². The number of halogens is 2. The van der Waals surface area contributed by atoms with E-state index < -0.39 is 31.3 Å². The molecule has 0 radical (unpaired) electrons. The normalized spacial score (nSPS) is 19.6. The number of sulfonamides is 1. The van der Waals surface area contributed by atoms with Gasteiger partial charge in [-0.1, -0.05) is 6.07 Å². The molecule has 1 atom stereocenters. The Morgan fingerprint density at radius 1 is 1.45 bits per heavy atom. The first-order valence-electron chi connectivity index (χ1n) is 5.52. The Morgan fingerprint density at radius 3 is 2.60 bits per heavy atom. The minimum Gasteiger partial charge on any atom is -0.326 e. The number of benzene rings is 1. The smallest absolute Gasteiger partial charge is 0.292 e. The zero-order valence-electron chi connectivity index (χ0n) is 10.2. The molecule has 0 spiro atoms. The average molecular weight is 326 g/mol. The highest BCUT2D eigenvalue weighted by Crippen LogP contribution is 2.30. The predicted octanol–water partition coefficient (Wildman–Crippen LogP) is 0.877. The molecule has 10 heteroatoms. The first-order chi connectivity index (χ1) is 8.84. The van der Waals surface area contributed by atoms with E-state index in [4.69, 9.17) is 5.73 Å². The molecule has 1 aliphatic heterocycles. The molecule has 20 heavy (non-hydrogen) atoms. The predicted molar refractivity (Wildman–Crippen MR) is 71.7 cm³/mol. The molecular formula is C10H13ClFN3O4S. The Labute approximate surface area is 121 Å². The Kier molecular flexibility index (Phi) is 5.03. The summed E-state index contributed by atoms with van der Waals surface area (Å²) in [4.78, 5) is 9.03. The maximum absolute atomic E-state index is 13.7. The fourth-order valence-electron chi connectivity index (χ4n) is 2.00. The van der Waals surface area contributed by atoms with Crippen LogP contribution in [0.5, 0.6) is 0 Å². The fraction of sp³-hybridized carbons (Fsp3) is 0.400. The molecular weight excluding hydrogens is 313 g/mol. The lowest BCUT2D eigenvalue weighted by atomic mass is 10.3. The van der Waals surface area contributed by atoms with Gasteiger partial charge in [-0.05, 0) is 12.5 Å². The minimum atomic E-state index is -4.24. The number of rotatable bonds is 3. The van der Waals surface area contributed by atoms with E-state index in [1.54, 1.807) is 0 Å². The lowest BCUT2D eigenvalue weighted by Crippen LogP contribution is -2.32. The second-order valence-corrected chi connectivity index (χ2v) is 6.13. The zero-order valence-corrected chi connectivity index (χ0v) is 11.9. The highest BCUT2D eigenvalue weighted by Gasteiger charge is 2.37. The monoisotopic (exact) mass is 325 g/mol. The second-order valence-electron chi connectivity index (χ2n) is 4.26. The van der Waals surface area contributed by atoms with Crippen molar-refractivity contribution in [2.24, 2.45) is 5.73 Å². The lowest BCUT2D eigenvalue weighted by Gasteiger charge is -2.16. The van der Waals surface area contributed by atoms with Crippen LogP contribution in [-0.2, 0) is 10.0 Å². The van der Waals surface area contributed by atoms with E-state index in [0.29, 0.717) is 6.42 Å². The molecule has 0 unspecified atom stereocenters. The zero-order chi connectivity index (χ0) is 14.2. The molecule has 1 fully saturated rings. The quantitative estimate of drug-likeness (QED) is 0.655.